The van der Waals surface area contributed by atoms with Gasteiger partial charge in [0, 0.05) is 24.8 Å². The first-order valence-corrected chi connectivity index (χ1v) is 9.71. The molecule has 144 valence electrons. The number of carbonyl (C=O) groups is 1. The number of hydrogen-bond acceptors (Lipinski definition) is 4. The van der Waals surface area contributed by atoms with E-state index in [2.05, 4.69) is 5.32 Å². The number of halogens is 2. The number of nitrogens with zero attached hydrogens (tertiary/aromatic N) is 1. The van der Waals surface area contributed by atoms with Crippen LogP contribution in [0.2, 0.25) is 0 Å². The standard InChI is InChI=1S/C18H18F2N2O4S/c1-26-17-7-5-13(27(24,25)22-8-2-3-9-22)11-14(17)18(23)21-12-4-6-15(19)16(20)10-12/h4-7,10-11H,2-3,8-9H2,1H3,(H,21,23). The van der Waals surface area contributed by atoms with Gasteiger partial charge in [0.1, 0.15) is 5.75 Å². The molecule has 9 heteroatoms. The quantitative estimate of drug-likeness (QED) is 0.843. The highest BCUT2D eigenvalue weighted by Gasteiger charge is 2.28. The van der Waals surface area contributed by atoms with E-state index in [9.17, 15) is 22.0 Å². The van der Waals surface area contributed by atoms with Gasteiger partial charge in [-0.1, -0.05) is 0 Å². The molecular weight excluding hydrogens is 378 g/mol. The molecule has 2 aromatic rings. The fourth-order valence-electron chi connectivity index (χ4n) is 2.87. The second-order valence-electron chi connectivity index (χ2n) is 6.06. The van der Waals surface area contributed by atoms with Gasteiger partial charge in [-0.2, -0.15) is 4.31 Å². The van der Waals surface area contributed by atoms with Crippen LogP contribution in [0.5, 0.6) is 5.75 Å². The van der Waals surface area contributed by atoms with Crippen molar-refractivity contribution in [1.29, 1.82) is 0 Å². The molecule has 0 bridgehead atoms. The van der Waals surface area contributed by atoms with Crippen molar-refractivity contribution in [3.05, 3.63) is 53.6 Å². The number of nitrogens with one attached hydrogen (secondary N) is 1. The Morgan fingerprint density at radius 3 is 2.41 bits per heavy atom. The van der Waals surface area contributed by atoms with Crippen LogP contribution >= 0.6 is 0 Å². The maximum Gasteiger partial charge on any atom is 0.259 e. The van der Waals surface area contributed by atoms with Gasteiger partial charge >= 0.3 is 0 Å². The smallest absolute Gasteiger partial charge is 0.259 e. The first-order valence-electron chi connectivity index (χ1n) is 8.27. The number of benzene rings is 2. The minimum absolute atomic E-state index is 0.0255. The number of sulfonamides is 1. The average Bonchev–Trinajstić information content (AvgIpc) is 3.19. The maximum atomic E-state index is 13.3. The van der Waals surface area contributed by atoms with E-state index in [-0.39, 0.29) is 21.9 Å². The van der Waals surface area contributed by atoms with Gasteiger partial charge in [-0.15, -0.1) is 0 Å². The topological polar surface area (TPSA) is 75.7 Å². The highest BCUT2D eigenvalue weighted by molar-refractivity contribution is 7.89. The number of methoxy groups -OCH3 is 1. The number of carbonyl (C=O) groups excluding carboxylic acids is 1. The summed E-state index contributed by atoms with van der Waals surface area (Å²) in [5, 5.41) is 2.42. The molecule has 0 radical (unpaired) electrons. The molecule has 27 heavy (non-hydrogen) atoms. The van der Waals surface area contributed by atoms with Crippen molar-refractivity contribution in [1.82, 2.24) is 4.31 Å². The zero-order valence-electron chi connectivity index (χ0n) is 14.5. The maximum absolute atomic E-state index is 13.3. The Kier molecular flexibility index (Phi) is 5.43. The van der Waals surface area contributed by atoms with Gasteiger partial charge in [0.15, 0.2) is 11.6 Å². The SMILES string of the molecule is COc1ccc(S(=O)(=O)N2CCCC2)cc1C(=O)Nc1ccc(F)c(F)c1. The van der Waals surface area contributed by atoms with Crippen LogP contribution in [0.25, 0.3) is 0 Å². The normalized spacial score (nSPS) is 14.9. The molecule has 1 saturated heterocycles. The Balaban J connectivity index is 1.93. The van der Waals surface area contributed by atoms with Gasteiger partial charge in [0.25, 0.3) is 5.91 Å². The second kappa shape index (κ2) is 7.61. The molecule has 0 aromatic heterocycles. The van der Waals surface area contributed by atoms with Gasteiger partial charge in [0.05, 0.1) is 17.6 Å². The third kappa shape index (κ3) is 3.93. The summed E-state index contributed by atoms with van der Waals surface area (Å²) in [6, 6.07) is 6.92. The van der Waals surface area contributed by atoms with E-state index in [0.29, 0.717) is 13.1 Å². The number of amides is 1. The molecule has 0 saturated carbocycles. The fourth-order valence-corrected chi connectivity index (χ4v) is 4.42. The monoisotopic (exact) mass is 396 g/mol. The molecule has 0 unspecified atom stereocenters. The highest BCUT2D eigenvalue weighted by atomic mass is 32.2. The summed E-state index contributed by atoms with van der Waals surface area (Å²) in [5.41, 5.74) is 0.0104. The van der Waals surface area contributed by atoms with Gasteiger partial charge in [-0.05, 0) is 43.2 Å². The predicted molar refractivity (Wildman–Crippen MR) is 95.3 cm³/mol. The molecule has 0 atom stereocenters. The van der Waals surface area contributed by atoms with E-state index in [0.717, 1.165) is 25.0 Å². The third-order valence-electron chi connectivity index (χ3n) is 4.30. The molecule has 1 aliphatic rings. The number of ether oxygens (including phenoxy) is 1. The summed E-state index contributed by atoms with van der Waals surface area (Å²) in [5.74, 6) is -2.68. The van der Waals surface area contributed by atoms with Crippen molar-refractivity contribution in [3.63, 3.8) is 0 Å². The molecule has 1 N–H and O–H groups in total. The molecule has 2 aromatic carbocycles. The van der Waals surface area contributed by atoms with Gasteiger partial charge < -0.3 is 10.1 Å². The number of rotatable bonds is 5. The fraction of sp³-hybridized carbons (Fsp3) is 0.278. The van der Waals surface area contributed by atoms with Crippen LogP contribution in [0.15, 0.2) is 41.3 Å². The van der Waals surface area contributed by atoms with Crippen LogP contribution in [0.1, 0.15) is 23.2 Å². The van der Waals surface area contributed by atoms with E-state index >= 15 is 0 Å². The highest BCUT2D eigenvalue weighted by Crippen LogP contribution is 2.27. The van der Waals surface area contributed by atoms with Crippen molar-refractivity contribution in [2.24, 2.45) is 0 Å². The minimum Gasteiger partial charge on any atom is -0.496 e. The zero-order valence-corrected chi connectivity index (χ0v) is 15.4. The molecule has 6 nitrogen and oxygen atoms in total. The molecular formula is C18H18F2N2O4S. The first-order chi connectivity index (χ1) is 12.8. The number of hydrogen-bond donors (Lipinski definition) is 1. The molecule has 0 aliphatic carbocycles. The van der Waals surface area contributed by atoms with Gasteiger partial charge in [-0.25, -0.2) is 17.2 Å². The van der Waals surface area contributed by atoms with Crippen LogP contribution in [0.3, 0.4) is 0 Å². The van der Waals surface area contributed by atoms with E-state index in [1.54, 1.807) is 0 Å². The van der Waals surface area contributed by atoms with Gasteiger partial charge in [-0.3, -0.25) is 4.79 Å². The molecule has 1 heterocycles. The summed E-state index contributed by atoms with van der Waals surface area (Å²) < 4.78 is 58.3. The van der Waals surface area contributed by atoms with Gasteiger partial charge in [0.2, 0.25) is 10.0 Å². The average molecular weight is 396 g/mol. The molecule has 0 spiro atoms. The van der Waals surface area contributed by atoms with Crippen molar-refractivity contribution < 1.29 is 26.7 Å². The summed E-state index contributed by atoms with van der Waals surface area (Å²) in [4.78, 5) is 12.5. The molecule has 3 rings (SSSR count). The lowest BCUT2D eigenvalue weighted by Gasteiger charge is -2.17. The third-order valence-corrected chi connectivity index (χ3v) is 6.19. The molecule has 1 fully saturated rings. The van der Waals surface area contributed by atoms with Crippen LogP contribution in [0.4, 0.5) is 14.5 Å². The van der Waals surface area contributed by atoms with Crippen molar-refractivity contribution in [3.8, 4) is 5.75 Å². The lowest BCUT2D eigenvalue weighted by molar-refractivity contribution is 0.102. The molecule has 1 aliphatic heterocycles. The molecule has 1 amide bonds. The Labute approximate surface area is 155 Å². The van der Waals surface area contributed by atoms with Crippen LogP contribution in [-0.4, -0.2) is 38.8 Å². The second-order valence-corrected chi connectivity index (χ2v) is 7.99. The van der Waals surface area contributed by atoms with E-state index in [4.69, 9.17) is 4.74 Å². The van der Waals surface area contributed by atoms with E-state index in [1.165, 1.54) is 35.7 Å². The van der Waals surface area contributed by atoms with Crippen molar-refractivity contribution >= 4 is 21.6 Å². The lowest BCUT2D eigenvalue weighted by atomic mass is 10.2. The van der Waals surface area contributed by atoms with Crippen molar-refractivity contribution in [2.75, 3.05) is 25.5 Å². The van der Waals surface area contributed by atoms with Crippen molar-refractivity contribution in [2.45, 2.75) is 17.7 Å². The Bertz CT molecular complexity index is 973. The van der Waals surface area contributed by atoms with E-state index in [1.807, 2.05) is 0 Å². The zero-order chi connectivity index (χ0) is 19.6. The van der Waals surface area contributed by atoms with Crippen LogP contribution < -0.4 is 10.1 Å². The summed E-state index contributed by atoms with van der Waals surface area (Å²) in [6.45, 7) is 0.871. The predicted octanol–water partition coefficient (Wildman–Crippen LogP) is 3.01. The number of anilines is 1. The van der Waals surface area contributed by atoms with Crippen LogP contribution in [0, 0.1) is 11.6 Å². The minimum atomic E-state index is -3.72. The lowest BCUT2D eigenvalue weighted by Crippen LogP contribution is -2.28. The van der Waals surface area contributed by atoms with E-state index < -0.39 is 27.6 Å². The summed E-state index contributed by atoms with van der Waals surface area (Å²) in [6.07, 6.45) is 1.58. The largest absolute Gasteiger partial charge is 0.496 e. The van der Waals surface area contributed by atoms with Crippen LogP contribution in [-0.2, 0) is 10.0 Å². The Morgan fingerprint density at radius 2 is 1.78 bits per heavy atom. The first kappa shape index (κ1) is 19.2. The summed E-state index contributed by atoms with van der Waals surface area (Å²) >= 11 is 0. The summed E-state index contributed by atoms with van der Waals surface area (Å²) in [7, 11) is -2.37. The Morgan fingerprint density at radius 1 is 1.07 bits per heavy atom. The Hall–Kier alpha value is -2.52.